The van der Waals surface area contributed by atoms with Crippen molar-refractivity contribution in [2.45, 2.75) is 32.4 Å². The van der Waals surface area contributed by atoms with E-state index in [-0.39, 0.29) is 19.5 Å². The summed E-state index contributed by atoms with van der Waals surface area (Å²) in [5.41, 5.74) is 0. The third kappa shape index (κ3) is 6.00. The van der Waals surface area contributed by atoms with Gasteiger partial charge in [0.15, 0.2) is 0 Å². The van der Waals surface area contributed by atoms with Crippen molar-refractivity contribution in [3.05, 3.63) is 12.2 Å². The van der Waals surface area contributed by atoms with E-state index < -0.39 is 47.6 Å². The van der Waals surface area contributed by atoms with Crippen molar-refractivity contribution in [2.24, 2.45) is 0 Å². The Labute approximate surface area is 148 Å². The maximum absolute atomic E-state index is 12.1. The zero-order valence-electron chi connectivity index (χ0n) is 14.3. The lowest BCUT2D eigenvalue weighted by Crippen LogP contribution is -2.53. The summed E-state index contributed by atoms with van der Waals surface area (Å²) in [6.45, 7) is 2.26. The number of aliphatic carboxylic acids is 1. The second kappa shape index (κ2) is 9.30. The molecule has 0 aromatic carbocycles. The lowest BCUT2D eigenvalue weighted by atomic mass is 10.2. The van der Waals surface area contributed by atoms with Gasteiger partial charge in [-0.25, -0.2) is 0 Å². The minimum Gasteiger partial charge on any atom is -0.481 e. The molecule has 1 aliphatic heterocycles. The monoisotopic (exact) mass is 368 g/mol. The van der Waals surface area contributed by atoms with Crippen LogP contribution in [0.2, 0.25) is 0 Å². The van der Waals surface area contributed by atoms with Gasteiger partial charge in [-0.15, -0.1) is 0 Å². The molecule has 1 heterocycles. The molecule has 11 nitrogen and oxygen atoms in total. The average molecular weight is 368 g/mol. The summed E-state index contributed by atoms with van der Waals surface area (Å²) >= 11 is 0. The molecule has 1 aliphatic rings. The van der Waals surface area contributed by atoms with Crippen LogP contribution in [0.4, 0.5) is 0 Å². The lowest BCUT2D eigenvalue weighted by Gasteiger charge is -2.23. The number of carboxylic acid groups (broad SMARTS) is 1. The number of nitrogens with zero attached hydrogens (tertiary/aromatic N) is 1. The van der Waals surface area contributed by atoms with E-state index in [1.54, 1.807) is 0 Å². The van der Waals surface area contributed by atoms with Gasteiger partial charge in [-0.2, -0.15) is 0 Å². The van der Waals surface area contributed by atoms with Crippen molar-refractivity contribution in [3.63, 3.8) is 0 Å². The number of amides is 5. The fourth-order valence-corrected chi connectivity index (χ4v) is 2.00. The van der Waals surface area contributed by atoms with E-state index in [1.165, 1.54) is 13.8 Å². The van der Waals surface area contributed by atoms with Gasteiger partial charge in [0.2, 0.25) is 17.7 Å². The van der Waals surface area contributed by atoms with Crippen LogP contribution in [-0.4, -0.2) is 70.7 Å². The zero-order valence-corrected chi connectivity index (χ0v) is 14.3. The Balaban J connectivity index is 2.40. The predicted molar refractivity (Wildman–Crippen MR) is 86.3 cm³/mol. The smallest absolute Gasteiger partial charge is 0.305 e. The molecular formula is C15H20N4O7. The van der Waals surface area contributed by atoms with Crippen LogP contribution in [0.3, 0.4) is 0 Å². The molecule has 0 fully saturated rings. The molecule has 0 saturated heterocycles. The van der Waals surface area contributed by atoms with E-state index in [0.717, 1.165) is 17.1 Å². The summed E-state index contributed by atoms with van der Waals surface area (Å²) in [7, 11) is 0. The molecule has 0 aliphatic carbocycles. The van der Waals surface area contributed by atoms with Gasteiger partial charge in [0.1, 0.15) is 12.1 Å². The van der Waals surface area contributed by atoms with Crippen molar-refractivity contribution in [1.29, 1.82) is 0 Å². The highest BCUT2D eigenvalue weighted by molar-refractivity contribution is 6.15. The minimum atomic E-state index is -1.10. The third-order valence-corrected chi connectivity index (χ3v) is 3.45. The molecule has 0 saturated carbocycles. The van der Waals surface area contributed by atoms with Gasteiger partial charge < -0.3 is 21.1 Å². The second-order valence-corrected chi connectivity index (χ2v) is 5.50. The van der Waals surface area contributed by atoms with E-state index in [1.807, 2.05) is 0 Å². The van der Waals surface area contributed by atoms with Gasteiger partial charge >= 0.3 is 5.97 Å². The van der Waals surface area contributed by atoms with Crippen LogP contribution >= 0.6 is 0 Å². The Bertz CT molecular complexity index is 640. The quantitative estimate of drug-likeness (QED) is 0.327. The topological polar surface area (TPSA) is 162 Å². The highest BCUT2D eigenvalue weighted by atomic mass is 16.4. The van der Waals surface area contributed by atoms with Gasteiger partial charge in [-0.1, -0.05) is 0 Å². The van der Waals surface area contributed by atoms with Gasteiger partial charge in [0, 0.05) is 18.7 Å². The second-order valence-electron chi connectivity index (χ2n) is 5.50. The fraction of sp³-hybridized carbons (Fsp3) is 0.467. The molecule has 0 aromatic rings. The first-order valence-corrected chi connectivity index (χ1v) is 7.75. The highest BCUT2D eigenvalue weighted by Crippen LogP contribution is 2.09. The van der Waals surface area contributed by atoms with Crippen LogP contribution in [0.1, 0.15) is 20.3 Å². The molecule has 4 N–H and O–H groups in total. The minimum absolute atomic E-state index is 0.0697. The van der Waals surface area contributed by atoms with E-state index in [9.17, 15) is 28.8 Å². The fourth-order valence-electron chi connectivity index (χ4n) is 2.00. The van der Waals surface area contributed by atoms with Crippen LogP contribution < -0.4 is 16.0 Å². The van der Waals surface area contributed by atoms with E-state index in [2.05, 4.69) is 16.0 Å². The number of rotatable bonds is 9. The van der Waals surface area contributed by atoms with Crippen LogP contribution in [0.15, 0.2) is 12.2 Å². The number of carbonyl (C=O) groups excluding carboxylic acids is 5. The number of nitrogens with one attached hydrogen (secondary N) is 3. The van der Waals surface area contributed by atoms with Crippen LogP contribution in [0, 0.1) is 0 Å². The maximum Gasteiger partial charge on any atom is 0.305 e. The van der Waals surface area contributed by atoms with Crippen molar-refractivity contribution < 1.29 is 33.9 Å². The van der Waals surface area contributed by atoms with Crippen LogP contribution in [0.25, 0.3) is 0 Å². The summed E-state index contributed by atoms with van der Waals surface area (Å²) in [6, 6.07) is -2.11. The first kappa shape index (κ1) is 20.8. The Morgan fingerprint density at radius 3 is 2.15 bits per heavy atom. The van der Waals surface area contributed by atoms with E-state index in [4.69, 9.17) is 5.11 Å². The maximum atomic E-state index is 12.1. The standard InChI is InChI=1S/C15H20N4O7/c1-8(14(25)17-7-10(20)16-6-5-13(23)24)18-15(26)9(2)19-11(21)3-4-12(19)22/h3-4,8-9H,5-7H2,1-2H3,(H,16,20)(H,17,25)(H,18,26)(H,23,24). The number of carboxylic acids is 1. The molecular weight excluding hydrogens is 348 g/mol. The Kier molecular flexibility index (Phi) is 7.44. The summed E-state index contributed by atoms with van der Waals surface area (Å²) in [6.07, 6.45) is 1.85. The first-order valence-electron chi connectivity index (χ1n) is 7.75. The van der Waals surface area contributed by atoms with E-state index in [0.29, 0.717) is 0 Å². The van der Waals surface area contributed by atoms with Crippen molar-refractivity contribution >= 4 is 35.5 Å². The van der Waals surface area contributed by atoms with Crippen LogP contribution in [0.5, 0.6) is 0 Å². The molecule has 2 atom stereocenters. The summed E-state index contributed by atoms with van der Waals surface area (Å²) in [5, 5.41) is 15.4. The number of hydrogen-bond donors (Lipinski definition) is 4. The van der Waals surface area contributed by atoms with Crippen molar-refractivity contribution in [2.75, 3.05) is 13.1 Å². The Morgan fingerprint density at radius 2 is 1.62 bits per heavy atom. The molecule has 0 bridgehead atoms. The van der Waals surface area contributed by atoms with Gasteiger partial charge in [-0.3, -0.25) is 33.7 Å². The molecule has 26 heavy (non-hydrogen) atoms. The SMILES string of the molecule is CC(NC(=O)C(C)N1C(=O)C=CC1=O)C(=O)NCC(=O)NCCC(=O)O. The van der Waals surface area contributed by atoms with Gasteiger partial charge in [-0.05, 0) is 13.8 Å². The normalized spacial score (nSPS) is 15.4. The zero-order chi connectivity index (χ0) is 19.9. The van der Waals surface area contributed by atoms with Gasteiger partial charge in [0.25, 0.3) is 11.8 Å². The number of hydrogen-bond acceptors (Lipinski definition) is 6. The van der Waals surface area contributed by atoms with Crippen molar-refractivity contribution in [3.8, 4) is 0 Å². The molecule has 2 unspecified atom stereocenters. The lowest BCUT2D eigenvalue weighted by molar-refractivity contribution is -0.145. The highest BCUT2D eigenvalue weighted by Gasteiger charge is 2.33. The number of carbonyl (C=O) groups is 6. The summed E-state index contributed by atoms with van der Waals surface area (Å²) < 4.78 is 0. The molecule has 0 radical (unpaired) electrons. The Hall–Kier alpha value is -3.24. The molecule has 142 valence electrons. The predicted octanol–water partition coefficient (Wildman–Crippen LogP) is -2.49. The largest absolute Gasteiger partial charge is 0.481 e. The van der Waals surface area contributed by atoms with Crippen LogP contribution in [-0.2, 0) is 28.8 Å². The van der Waals surface area contributed by atoms with Crippen molar-refractivity contribution in [1.82, 2.24) is 20.9 Å². The summed E-state index contributed by atoms with van der Waals surface area (Å²) in [4.78, 5) is 69.5. The summed E-state index contributed by atoms with van der Waals surface area (Å²) in [5.74, 6) is -4.24. The Morgan fingerprint density at radius 1 is 1.04 bits per heavy atom. The molecule has 0 aromatic heterocycles. The molecule has 5 amide bonds. The third-order valence-electron chi connectivity index (χ3n) is 3.45. The first-order chi connectivity index (χ1) is 12.1. The molecule has 11 heteroatoms. The van der Waals surface area contributed by atoms with Gasteiger partial charge in [0.05, 0.1) is 13.0 Å². The van der Waals surface area contributed by atoms with E-state index >= 15 is 0 Å². The molecule has 1 rings (SSSR count). The number of imide groups is 1. The molecule has 0 spiro atoms. The average Bonchev–Trinajstić information content (AvgIpc) is 2.90.